The SMILES string of the molecule is COCCc1ccc(-c2noc(C[C@H](C(=O)O)N(C)C(=O)[C@H](CC(C)C)N(C)C(=O)OC(C)(C)C)n2)cc1. The molecule has 0 radical (unpaired) electrons. The van der Waals surface area contributed by atoms with Crippen LogP contribution in [0.4, 0.5) is 4.79 Å². The van der Waals surface area contributed by atoms with Crippen LogP contribution in [0.25, 0.3) is 11.4 Å². The Balaban J connectivity index is 2.20. The summed E-state index contributed by atoms with van der Waals surface area (Å²) in [6.45, 7) is 9.65. The van der Waals surface area contributed by atoms with Gasteiger partial charge in [0.1, 0.15) is 17.7 Å². The quantitative estimate of drug-likeness (QED) is 0.434. The van der Waals surface area contributed by atoms with Crippen LogP contribution in [-0.2, 0) is 31.9 Å². The minimum atomic E-state index is -1.28. The molecular formula is C27H40N4O7. The molecule has 1 aromatic heterocycles. The molecule has 0 saturated carbocycles. The maximum Gasteiger partial charge on any atom is 0.410 e. The topological polar surface area (TPSA) is 135 Å². The number of benzene rings is 1. The minimum Gasteiger partial charge on any atom is -0.480 e. The first-order chi connectivity index (χ1) is 17.7. The van der Waals surface area contributed by atoms with Crippen molar-refractivity contribution in [2.24, 2.45) is 5.92 Å². The third-order valence-electron chi connectivity index (χ3n) is 5.87. The van der Waals surface area contributed by atoms with Crippen LogP contribution >= 0.6 is 0 Å². The Hall–Kier alpha value is -3.47. The van der Waals surface area contributed by atoms with Crippen LogP contribution in [0.1, 0.15) is 52.5 Å². The number of carbonyl (C=O) groups is 3. The van der Waals surface area contributed by atoms with E-state index in [4.69, 9.17) is 14.0 Å². The molecule has 0 aliphatic carbocycles. The molecule has 0 bridgehead atoms. The fourth-order valence-corrected chi connectivity index (χ4v) is 3.77. The maximum absolute atomic E-state index is 13.5. The van der Waals surface area contributed by atoms with Gasteiger partial charge in [-0.3, -0.25) is 9.69 Å². The van der Waals surface area contributed by atoms with Gasteiger partial charge in [-0.1, -0.05) is 43.3 Å². The molecule has 0 saturated heterocycles. The van der Waals surface area contributed by atoms with E-state index in [-0.39, 0.29) is 18.2 Å². The summed E-state index contributed by atoms with van der Waals surface area (Å²) in [6.07, 6.45) is 0.249. The smallest absolute Gasteiger partial charge is 0.410 e. The lowest BCUT2D eigenvalue weighted by Gasteiger charge is -2.34. The van der Waals surface area contributed by atoms with Crippen LogP contribution in [0.15, 0.2) is 28.8 Å². The van der Waals surface area contributed by atoms with Crippen molar-refractivity contribution in [1.29, 1.82) is 0 Å². The van der Waals surface area contributed by atoms with Gasteiger partial charge in [-0.25, -0.2) is 9.59 Å². The Morgan fingerprint density at radius 3 is 2.21 bits per heavy atom. The van der Waals surface area contributed by atoms with E-state index in [1.165, 1.54) is 19.0 Å². The van der Waals surface area contributed by atoms with E-state index in [2.05, 4.69) is 10.1 Å². The Morgan fingerprint density at radius 2 is 1.68 bits per heavy atom. The van der Waals surface area contributed by atoms with E-state index in [9.17, 15) is 19.5 Å². The number of methoxy groups -OCH3 is 1. The van der Waals surface area contributed by atoms with Crippen LogP contribution in [0, 0.1) is 5.92 Å². The number of amides is 2. The Bertz CT molecular complexity index is 1080. The van der Waals surface area contributed by atoms with Crippen LogP contribution in [0.5, 0.6) is 0 Å². The van der Waals surface area contributed by atoms with E-state index < -0.39 is 35.7 Å². The third-order valence-corrected chi connectivity index (χ3v) is 5.87. The van der Waals surface area contributed by atoms with Gasteiger partial charge < -0.3 is 24.0 Å². The summed E-state index contributed by atoms with van der Waals surface area (Å²) in [5.41, 5.74) is 1.07. The molecule has 0 aliphatic rings. The first-order valence-electron chi connectivity index (χ1n) is 12.6. The summed E-state index contributed by atoms with van der Waals surface area (Å²) >= 11 is 0. The molecular weight excluding hydrogens is 492 g/mol. The largest absolute Gasteiger partial charge is 0.480 e. The molecule has 1 heterocycles. The number of nitrogens with zero attached hydrogens (tertiary/aromatic N) is 4. The second-order valence-electron chi connectivity index (χ2n) is 10.7. The van der Waals surface area contributed by atoms with E-state index in [0.717, 1.165) is 16.9 Å². The van der Waals surface area contributed by atoms with Gasteiger partial charge in [0.05, 0.1) is 13.0 Å². The average Bonchev–Trinajstić information content (AvgIpc) is 3.31. The molecule has 0 aliphatic heterocycles. The summed E-state index contributed by atoms with van der Waals surface area (Å²) < 4.78 is 15.8. The predicted molar refractivity (Wildman–Crippen MR) is 140 cm³/mol. The summed E-state index contributed by atoms with van der Waals surface area (Å²) in [5.74, 6) is -1.29. The minimum absolute atomic E-state index is 0.0601. The molecule has 2 amide bonds. The highest BCUT2D eigenvalue weighted by molar-refractivity contribution is 5.89. The van der Waals surface area contributed by atoms with Crippen molar-refractivity contribution < 1.29 is 33.5 Å². The number of rotatable bonds is 12. The van der Waals surface area contributed by atoms with Gasteiger partial charge in [0.2, 0.25) is 17.6 Å². The van der Waals surface area contributed by atoms with Gasteiger partial charge in [0.25, 0.3) is 0 Å². The standard InChI is InChI=1S/C27H40N4O7/c1-17(2)15-20(31(7)26(35)37-27(3,4)5)24(32)30(6)21(25(33)34)16-22-28-23(29-38-22)19-11-9-18(10-12-19)13-14-36-8/h9-12,17,20-21H,13-16H2,1-8H3,(H,33,34)/t20-,21+/m0/s1. The molecule has 2 atom stereocenters. The molecule has 0 spiro atoms. The molecule has 2 rings (SSSR count). The Labute approximate surface area is 224 Å². The molecule has 38 heavy (non-hydrogen) atoms. The normalized spacial score (nSPS) is 13.2. The van der Waals surface area contributed by atoms with Crippen molar-refractivity contribution in [3.05, 3.63) is 35.7 Å². The highest BCUT2D eigenvalue weighted by Gasteiger charge is 2.37. The van der Waals surface area contributed by atoms with Crippen molar-refractivity contribution in [3.8, 4) is 11.4 Å². The van der Waals surface area contributed by atoms with Gasteiger partial charge in [0.15, 0.2) is 0 Å². The van der Waals surface area contributed by atoms with Crippen LogP contribution in [-0.4, -0.2) is 88.5 Å². The lowest BCUT2D eigenvalue weighted by atomic mass is 10.0. The number of ether oxygens (including phenoxy) is 2. The molecule has 1 N–H and O–H groups in total. The van der Waals surface area contributed by atoms with Crippen molar-refractivity contribution in [2.75, 3.05) is 27.8 Å². The average molecular weight is 533 g/mol. The fourth-order valence-electron chi connectivity index (χ4n) is 3.77. The van der Waals surface area contributed by atoms with Gasteiger partial charge in [-0.15, -0.1) is 0 Å². The first kappa shape index (κ1) is 30.8. The zero-order valence-corrected chi connectivity index (χ0v) is 23.6. The van der Waals surface area contributed by atoms with Crippen LogP contribution in [0.3, 0.4) is 0 Å². The summed E-state index contributed by atoms with van der Waals surface area (Å²) in [5, 5.41) is 13.9. The summed E-state index contributed by atoms with van der Waals surface area (Å²) in [4.78, 5) is 45.1. The number of aromatic nitrogens is 2. The van der Waals surface area contributed by atoms with Crippen LogP contribution in [0.2, 0.25) is 0 Å². The number of likely N-dealkylation sites (N-methyl/N-ethyl adjacent to an activating group) is 2. The number of carboxylic acids is 1. The number of carboxylic acid groups (broad SMARTS) is 1. The molecule has 0 unspecified atom stereocenters. The second-order valence-corrected chi connectivity index (χ2v) is 10.7. The maximum atomic E-state index is 13.5. The van der Waals surface area contributed by atoms with Gasteiger partial charge in [-0.05, 0) is 45.1 Å². The van der Waals surface area contributed by atoms with Crippen LogP contribution < -0.4 is 0 Å². The number of hydrogen-bond acceptors (Lipinski definition) is 8. The Kier molecular flexibility index (Phi) is 10.8. The van der Waals surface area contributed by atoms with Crippen molar-refractivity contribution >= 4 is 18.0 Å². The molecule has 0 fully saturated rings. The van der Waals surface area contributed by atoms with Crippen molar-refractivity contribution in [2.45, 2.75) is 71.6 Å². The van der Waals surface area contributed by atoms with Gasteiger partial charge in [0, 0.05) is 26.8 Å². The van der Waals surface area contributed by atoms with E-state index in [1.807, 2.05) is 38.1 Å². The monoisotopic (exact) mass is 532 g/mol. The molecule has 11 nitrogen and oxygen atoms in total. The van der Waals surface area contributed by atoms with Gasteiger partial charge >= 0.3 is 12.1 Å². The lowest BCUT2D eigenvalue weighted by molar-refractivity contribution is -0.151. The second kappa shape index (κ2) is 13.4. The van der Waals surface area contributed by atoms with E-state index >= 15 is 0 Å². The zero-order valence-electron chi connectivity index (χ0n) is 23.6. The van der Waals surface area contributed by atoms with Crippen molar-refractivity contribution in [3.63, 3.8) is 0 Å². The lowest BCUT2D eigenvalue weighted by Crippen LogP contribution is -2.54. The summed E-state index contributed by atoms with van der Waals surface area (Å²) in [6, 6.07) is 5.39. The number of aliphatic carboxylic acids is 1. The first-order valence-corrected chi connectivity index (χ1v) is 12.6. The molecule has 11 heteroatoms. The molecule has 2 aromatic rings. The third kappa shape index (κ3) is 8.83. The number of carbonyl (C=O) groups excluding carboxylic acids is 2. The Morgan fingerprint density at radius 1 is 1.05 bits per heavy atom. The number of hydrogen-bond donors (Lipinski definition) is 1. The predicted octanol–water partition coefficient (Wildman–Crippen LogP) is 3.66. The summed E-state index contributed by atoms with van der Waals surface area (Å²) in [7, 11) is 4.52. The van der Waals surface area contributed by atoms with Crippen molar-refractivity contribution in [1.82, 2.24) is 19.9 Å². The van der Waals surface area contributed by atoms with E-state index in [1.54, 1.807) is 27.9 Å². The highest BCUT2D eigenvalue weighted by atomic mass is 16.6. The van der Waals surface area contributed by atoms with E-state index in [0.29, 0.717) is 24.4 Å². The molecule has 210 valence electrons. The molecule has 1 aromatic carbocycles. The highest BCUT2D eigenvalue weighted by Crippen LogP contribution is 2.21. The zero-order chi connectivity index (χ0) is 28.6. The van der Waals surface area contributed by atoms with Gasteiger partial charge in [-0.2, -0.15) is 4.98 Å². The fraction of sp³-hybridized carbons (Fsp3) is 0.593.